The maximum absolute atomic E-state index is 12.7. The maximum atomic E-state index is 12.7. The molecule has 42 heavy (non-hydrogen) atoms. The molecule has 0 fully saturated rings. The summed E-state index contributed by atoms with van der Waals surface area (Å²) in [5.74, 6) is -2.89. The van der Waals surface area contributed by atoms with Gasteiger partial charge in [-0.3, -0.25) is 4.79 Å². The minimum Gasteiger partial charge on any atom is -0.480 e. The number of carboxylic acid groups (broad SMARTS) is 2. The number of hydrogen-bond acceptors (Lipinski definition) is 9. The van der Waals surface area contributed by atoms with Crippen molar-refractivity contribution in [1.82, 2.24) is 25.0 Å². The molecule has 0 saturated carbocycles. The predicted molar refractivity (Wildman–Crippen MR) is 153 cm³/mol. The molecule has 1 atom stereocenters. The summed E-state index contributed by atoms with van der Waals surface area (Å²) in [7, 11) is -4.14. The number of aromatic carboxylic acids is 1. The van der Waals surface area contributed by atoms with Gasteiger partial charge >= 0.3 is 11.9 Å². The number of sulfonamides is 1. The van der Waals surface area contributed by atoms with Gasteiger partial charge in [-0.2, -0.15) is 9.97 Å². The van der Waals surface area contributed by atoms with Crippen LogP contribution in [0, 0.1) is 0 Å². The maximum Gasteiger partial charge on any atom is 0.337 e. The number of hydrogen-bond donors (Lipinski definition) is 7. The third-order valence-electron chi connectivity index (χ3n) is 6.53. The molecular weight excluding hydrogens is 566 g/mol. The number of rotatable bonds is 13. The standard InChI is InChI=1S/C27H29N7O7S/c28-22-21-17(14-30-23(21)34-27(29)33-22)12-9-15-7-10-16(11-8-15)24(35)32-19(26(38)39)5-3-13-31-42(40,41)20-6-2-1-4-18(20)25(36)37/h1-2,4,6-8,10-11,14,19,31H,3,5,9,12-13H2,(H,32,35)(H,36,37)(H,38,39)(H5,28,29,30,33,34)/t19-/m0/s1. The summed E-state index contributed by atoms with van der Waals surface area (Å²) in [6.45, 7) is -0.160. The number of carbonyl (C=O) groups excluding carboxylic acids is 1. The fourth-order valence-electron chi connectivity index (χ4n) is 4.41. The van der Waals surface area contributed by atoms with Gasteiger partial charge in [0.05, 0.1) is 15.8 Å². The molecule has 2 heterocycles. The van der Waals surface area contributed by atoms with Crippen molar-refractivity contribution < 1.29 is 33.0 Å². The van der Waals surface area contributed by atoms with Gasteiger partial charge in [0, 0.05) is 18.3 Å². The molecule has 0 saturated heterocycles. The second kappa shape index (κ2) is 12.7. The van der Waals surface area contributed by atoms with Crippen LogP contribution in [-0.2, 0) is 27.7 Å². The lowest BCUT2D eigenvalue weighted by molar-refractivity contribution is -0.139. The van der Waals surface area contributed by atoms with E-state index in [4.69, 9.17) is 11.5 Å². The number of nitrogens with zero attached hydrogens (tertiary/aromatic N) is 2. The van der Waals surface area contributed by atoms with Gasteiger partial charge < -0.3 is 32.0 Å². The molecule has 9 N–H and O–H groups in total. The molecule has 0 aliphatic carbocycles. The average molecular weight is 596 g/mol. The van der Waals surface area contributed by atoms with E-state index in [0.29, 0.717) is 23.9 Å². The number of fused-ring (bicyclic) bond motifs is 1. The smallest absolute Gasteiger partial charge is 0.337 e. The second-order valence-electron chi connectivity index (χ2n) is 9.41. The van der Waals surface area contributed by atoms with E-state index in [2.05, 4.69) is 25.0 Å². The first-order valence-corrected chi connectivity index (χ1v) is 14.3. The number of benzene rings is 2. The molecule has 0 spiro atoms. The third-order valence-corrected chi connectivity index (χ3v) is 8.05. The van der Waals surface area contributed by atoms with E-state index in [9.17, 15) is 33.0 Å². The van der Waals surface area contributed by atoms with Crippen molar-refractivity contribution in [3.05, 3.63) is 77.0 Å². The van der Waals surface area contributed by atoms with Crippen LogP contribution in [0.1, 0.15) is 44.7 Å². The molecule has 4 rings (SSSR count). The van der Waals surface area contributed by atoms with Crippen LogP contribution >= 0.6 is 0 Å². The molecule has 220 valence electrons. The van der Waals surface area contributed by atoms with Crippen molar-refractivity contribution in [2.75, 3.05) is 18.0 Å². The number of amides is 1. The number of aliphatic carboxylic acids is 1. The zero-order valence-corrected chi connectivity index (χ0v) is 23.0. The number of aromatic nitrogens is 3. The minimum absolute atomic E-state index is 0.0641. The number of aromatic amines is 1. The van der Waals surface area contributed by atoms with E-state index >= 15 is 0 Å². The minimum atomic E-state index is -4.14. The summed E-state index contributed by atoms with van der Waals surface area (Å²) in [4.78, 5) is 46.6. The van der Waals surface area contributed by atoms with Crippen molar-refractivity contribution in [1.29, 1.82) is 0 Å². The lowest BCUT2D eigenvalue weighted by atomic mass is 10.0. The molecule has 0 unspecified atom stereocenters. The number of H-pyrrole nitrogens is 1. The first-order chi connectivity index (χ1) is 20.0. The Morgan fingerprint density at radius 3 is 2.38 bits per heavy atom. The van der Waals surface area contributed by atoms with Crippen LogP contribution in [0.4, 0.5) is 11.8 Å². The summed E-state index contributed by atoms with van der Waals surface area (Å²) < 4.78 is 27.4. The molecule has 2 aromatic carbocycles. The van der Waals surface area contributed by atoms with Crippen molar-refractivity contribution in [2.45, 2.75) is 36.6 Å². The van der Waals surface area contributed by atoms with Crippen molar-refractivity contribution in [2.24, 2.45) is 0 Å². The fraction of sp³-hybridized carbons (Fsp3) is 0.222. The van der Waals surface area contributed by atoms with Crippen LogP contribution in [0.3, 0.4) is 0 Å². The Bertz CT molecular complexity index is 1740. The normalized spacial score (nSPS) is 12.2. The Morgan fingerprint density at radius 2 is 1.69 bits per heavy atom. The SMILES string of the molecule is Nc1nc(N)c2c(CCc3ccc(C(=O)N[C@@H](CCCNS(=O)(=O)c4ccccc4C(=O)O)C(=O)O)cc3)c[nH]c2n1. The molecule has 0 aliphatic rings. The molecule has 15 heteroatoms. The van der Waals surface area contributed by atoms with Crippen molar-refractivity contribution >= 4 is 50.7 Å². The summed E-state index contributed by atoms with van der Waals surface area (Å²) >= 11 is 0. The van der Waals surface area contributed by atoms with Crippen LogP contribution in [0.15, 0.2) is 59.6 Å². The number of nitrogens with two attached hydrogens (primary N) is 2. The van der Waals surface area contributed by atoms with E-state index in [0.717, 1.165) is 11.1 Å². The molecule has 4 aromatic rings. The molecule has 1 amide bonds. The third kappa shape index (κ3) is 7.00. The van der Waals surface area contributed by atoms with E-state index in [1.165, 1.54) is 24.3 Å². The topological polar surface area (TPSA) is 243 Å². The first-order valence-electron chi connectivity index (χ1n) is 12.8. The Hall–Kier alpha value is -5.02. The number of anilines is 2. The van der Waals surface area contributed by atoms with E-state index < -0.39 is 38.8 Å². The molecule has 0 aliphatic heterocycles. The molecule has 2 aromatic heterocycles. The summed E-state index contributed by atoms with van der Waals surface area (Å²) in [5.41, 5.74) is 13.9. The molecule has 14 nitrogen and oxygen atoms in total. The van der Waals surface area contributed by atoms with Gasteiger partial charge in [-0.15, -0.1) is 0 Å². The van der Waals surface area contributed by atoms with Gasteiger partial charge in [0.15, 0.2) is 0 Å². The van der Waals surface area contributed by atoms with Crippen LogP contribution < -0.4 is 21.5 Å². The highest BCUT2D eigenvalue weighted by Crippen LogP contribution is 2.24. The van der Waals surface area contributed by atoms with Crippen molar-refractivity contribution in [3.63, 3.8) is 0 Å². The number of aryl methyl sites for hydroxylation is 2. The molecule has 0 bridgehead atoms. The van der Waals surface area contributed by atoms with Crippen LogP contribution in [0.5, 0.6) is 0 Å². The summed E-state index contributed by atoms with van der Waals surface area (Å²) in [6, 6.07) is 10.6. The number of carboxylic acids is 2. The van der Waals surface area contributed by atoms with E-state index in [1.807, 2.05) is 0 Å². The summed E-state index contributed by atoms with van der Waals surface area (Å²) in [6.07, 6.45) is 3.05. The van der Waals surface area contributed by atoms with E-state index in [-0.39, 0.29) is 42.3 Å². The van der Waals surface area contributed by atoms with Crippen LogP contribution in [0.2, 0.25) is 0 Å². The highest BCUT2D eigenvalue weighted by molar-refractivity contribution is 7.89. The first kappa shape index (κ1) is 30.0. The zero-order valence-electron chi connectivity index (χ0n) is 22.2. The average Bonchev–Trinajstić information content (AvgIpc) is 3.36. The lowest BCUT2D eigenvalue weighted by Crippen LogP contribution is -2.41. The van der Waals surface area contributed by atoms with Crippen molar-refractivity contribution in [3.8, 4) is 0 Å². The number of nitrogens with one attached hydrogen (secondary N) is 3. The number of nitrogen functional groups attached to an aromatic ring is 2. The monoisotopic (exact) mass is 595 g/mol. The second-order valence-corrected chi connectivity index (χ2v) is 11.1. The Labute approximate surface area is 240 Å². The van der Waals surface area contributed by atoms with Gasteiger partial charge in [-0.25, -0.2) is 22.7 Å². The Balaban J connectivity index is 1.30. The van der Waals surface area contributed by atoms with E-state index in [1.54, 1.807) is 30.5 Å². The Kier molecular flexibility index (Phi) is 9.02. The fourth-order valence-corrected chi connectivity index (χ4v) is 5.68. The van der Waals surface area contributed by atoms with Gasteiger partial charge in [0.1, 0.15) is 17.5 Å². The number of carbonyl (C=O) groups is 3. The van der Waals surface area contributed by atoms with Crippen LogP contribution in [0.25, 0.3) is 11.0 Å². The van der Waals surface area contributed by atoms with Gasteiger partial charge in [-0.1, -0.05) is 24.3 Å². The molecular formula is C27H29N7O7S. The highest BCUT2D eigenvalue weighted by atomic mass is 32.2. The highest BCUT2D eigenvalue weighted by Gasteiger charge is 2.23. The largest absolute Gasteiger partial charge is 0.480 e. The Morgan fingerprint density at radius 1 is 0.976 bits per heavy atom. The van der Waals surface area contributed by atoms with Gasteiger partial charge in [0.25, 0.3) is 5.91 Å². The van der Waals surface area contributed by atoms with Gasteiger partial charge in [-0.05, 0) is 61.1 Å². The van der Waals surface area contributed by atoms with Gasteiger partial charge in [0.2, 0.25) is 16.0 Å². The predicted octanol–water partition coefficient (Wildman–Crippen LogP) is 1.55. The molecule has 0 radical (unpaired) electrons. The summed E-state index contributed by atoms with van der Waals surface area (Å²) in [5, 5.41) is 22.0. The zero-order chi connectivity index (χ0) is 30.4. The lowest BCUT2D eigenvalue weighted by Gasteiger charge is -2.15. The quantitative estimate of drug-likeness (QED) is 0.109. The van der Waals surface area contributed by atoms with Crippen LogP contribution in [-0.4, -0.2) is 64.0 Å².